The van der Waals surface area contributed by atoms with Crippen molar-refractivity contribution in [2.45, 2.75) is 48.8 Å². The predicted molar refractivity (Wildman–Crippen MR) is 124 cm³/mol. The Morgan fingerprint density at radius 1 is 0.806 bits per heavy atom. The van der Waals surface area contributed by atoms with Crippen LogP contribution in [0.25, 0.3) is 11.1 Å². The highest BCUT2D eigenvalue weighted by Crippen LogP contribution is 2.36. The van der Waals surface area contributed by atoms with Gasteiger partial charge in [-0.15, -0.1) is 0 Å². The van der Waals surface area contributed by atoms with E-state index in [4.69, 9.17) is 0 Å². The Morgan fingerprint density at radius 3 is 2.06 bits per heavy atom. The van der Waals surface area contributed by atoms with Crippen LogP contribution in [-0.2, 0) is 9.84 Å². The van der Waals surface area contributed by atoms with Crippen molar-refractivity contribution in [3.8, 4) is 11.1 Å². The van der Waals surface area contributed by atoms with Gasteiger partial charge in [0.2, 0.25) is 0 Å². The van der Waals surface area contributed by atoms with Gasteiger partial charge in [-0.25, -0.2) is 12.8 Å². The molecule has 3 nitrogen and oxygen atoms in total. The average molecular weight is 438 g/mol. The number of nitrogens with one attached hydrogen (secondary N) is 1. The lowest BCUT2D eigenvalue weighted by Gasteiger charge is -2.31. The number of rotatable bonds is 6. The first-order valence-electron chi connectivity index (χ1n) is 10.8. The van der Waals surface area contributed by atoms with Gasteiger partial charge < -0.3 is 5.32 Å². The molecule has 0 saturated heterocycles. The molecule has 1 aliphatic carbocycles. The molecular weight excluding hydrogens is 409 g/mol. The Hall–Kier alpha value is -2.50. The highest BCUT2D eigenvalue weighted by atomic mass is 32.2. The van der Waals surface area contributed by atoms with Crippen LogP contribution in [-0.4, -0.2) is 26.9 Å². The lowest BCUT2D eigenvalue weighted by Crippen LogP contribution is -2.37. The highest BCUT2D eigenvalue weighted by molar-refractivity contribution is 7.90. The van der Waals surface area contributed by atoms with Gasteiger partial charge in [0.05, 0.1) is 10.9 Å². The quantitative estimate of drug-likeness (QED) is 0.537. The molecule has 0 aromatic heterocycles. The van der Waals surface area contributed by atoms with Crippen LogP contribution >= 0.6 is 0 Å². The summed E-state index contributed by atoms with van der Waals surface area (Å²) in [6.45, 7) is 0. The van der Waals surface area contributed by atoms with E-state index in [0.29, 0.717) is 23.3 Å². The van der Waals surface area contributed by atoms with Crippen molar-refractivity contribution in [2.24, 2.45) is 0 Å². The van der Waals surface area contributed by atoms with Crippen LogP contribution in [0.2, 0.25) is 0 Å². The molecule has 1 fully saturated rings. The molecule has 31 heavy (non-hydrogen) atoms. The number of benzene rings is 3. The lowest BCUT2D eigenvalue weighted by atomic mass is 9.88. The second-order valence-corrected chi connectivity index (χ2v) is 10.3. The summed E-state index contributed by atoms with van der Waals surface area (Å²) >= 11 is 0. The molecule has 1 unspecified atom stereocenters. The van der Waals surface area contributed by atoms with Gasteiger partial charge in [-0.3, -0.25) is 0 Å². The summed E-state index contributed by atoms with van der Waals surface area (Å²) in [4.78, 5) is 0.326. The summed E-state index contributed by atoms with van der Waals surface area (Å²) in [7, 11) is -3.38. The summed E-state index contributed by atoms with van der Waals surface area (Å²) < 4.78 is 38.6. The number of hydrogen-bond donors (Lipinski definition) is 1. The van der Waals surface area contributed by atoms with Gasteiger partial charge in [-0.05, 0) is 48.4 Å². The van der Waals surface area contributed by atoms with Gasteiger partial charge in [0, 0.05) is 17.9 Å². The van der Waals surface area contributed by atoms with Gasteiger partial charge in [0.15, 0.2) is 9.84 Å². The number of halogens is 1. The maximum absolute atomic E-state index is 13.7. The molecule has 0 radical (unpaired) electrons. The van der Waals surface area contributed by atoms with Crippen molar-refractivity contribution < 1.29 is 12.8 Å². The van der Waals surface area contributed by atoms with E-state index in [-0.39, 0.29) is 12.1 Å². The van der Waals surface area contributed by atoms with Crippen molar-refractivity contribution in [3.63, 3.8) is 0 Å². The van der Waals surface area contributed by atoms with Gasteiger partial charge in [0.25, 0.3) is 0 Å². The van der Waals surface area contributed by atoms with Gasteiger partial charge in [-0.2, -0.15) is 0 Å². The SMILES string of the molecule is CS(=O)(=O)c1ccccc1-c1ccccc1C(NC1CCC(F)CC1)c1ccccc1. The van der Waals surface area contributed by atoms with Crippen molar-refractivity contribution in [1.29, 1.82) is 0 Å². The summed E-state index contributed by atoms with van der Waals surface area (Å²) in [6.07, 6.45) is 3.30. The fourth-order valence-corrected chi connectivity index (χ4v) is 5.38. The first-order chi connectivity index (χ1) is 14.9. The highest BCUT2D eigenvalue weighted by Gasteiger charge is 2.26. The Labute approximate surface area is 184 Å². The van der Waals surface area contributed by atoms with E-state index in [9.17, 15) is 12.8 Å². The zero-order valence-electron chi connectivity index (χ0n) is 17.7. The first-order valence-corrected chi connectivity index (χ1v) is 12.7. The number of hydrogen-bond acceptors (Lipinski definition) is 3. The van der Waals surface area contributed by atoms with E-state index in [2.05, 4.69) is 23.5 Å². The van der Waals surface area contributed by atoms with Crippen molar-refractivity contribution >= 4 is 9.84 Å². The molecule has 1 N–H and O–H groups in total. The molecule has 3 aromatic rings. The van der Waals surface area contributed by atoms with E-state index in [1.54, 1.807) is 12.1 Å². The van der Waals surface area contributed by atoms with E-state index in [1.807, 2.05) is 48.5 Å². The predicted octanol–water partition coefficient (Wildman–Crippen LogP) is 5.72. The number of sulfone groups is 1. The third-order valence-corrected chi connectivity index (χ3v) is 7.20. The molecule has 3 aromatic carbocycles. The van der Waals surface area contributed by atoms with E-state index >= 15 is 0 Å². The fourth-order valence-electron chi connectivity index (χ4n) is 4.47. The van der Waals surface area contributed by atoms with Crippen molar-refractivity contribution in [1.82, 2.24) is 5.32 Å². The van der Waals surface area contributed by atoms with Crippen LogP contribution in [0.1, 0.15) is 42.9 Å². The van der Waals surface area contributed by atoms with Gasteiger partial charge in [0.1, 0.15) is 6.17 Å². The molecule has 4 rings (SSSR count). The minimum atomic E-state index is -3.38. The molecule has 1 saturated carbocycles. The molecule has 0 bridgehead atoms. The standard InChI is InChI=1S/C26H28FNO2S/c1-31(29,30)25-14-8-7-12-23(25)22-11-5-6-13-24(22)26(19-9-3-2-4-10-19)28-21-17-15-20(27)16-18-21/h2-14,20-21,26,28H,15-18H2,1H3. The maximum Gasteiger partial charge on any atom is 0.176 e. The average Bonchev–Trinajstić information content (AvgIpc) is 2.79. The largest absolute Gasteiger partial charge is 0.303 e. The minimum Gasteiger partial charge on any atom is -0.303 e. The molecule has 5 heteroatoms. The minimum absolute atomic E-state index is 0.119. The zero-order chi connectivity index (χ0) is 21.8. The lowest BCUT2D eigenvalue weighted by molar-refractivity contribution is 0.215. The van der Waals surface area contributed by atoms with Gasteiger partial charge in [-0.1, -0.05) is 72.8 Å². The summed E-state index contributed by atoms with van der Waals surface area (Å²) in [5.41, 5.74) is 3.72. The fraction of sp³-hybridized carbons (Fsp3) is 0.308. The van der Waals surface area contributed by atoms with E-state index in [0.717, 1.165) is 29.5 Å². The third kappa shape index (κ3) is 5.05. The van der Waals surface area contributed by atoms with Crippen LogP contribution in [0.15, 0.2) is 83.8 Å². The maximum atomic E-state index is 13.7. The van der Waals surface area contributed by atoms with Crippen LogP contribution in [0, 0.1) is 0 Å². The zero-order valence-corrected chi connectivity index (χ0v) is 18.5. The topological polar surface area (TPSA) is 46.2 Å². The molecule has 0 aliphatic heterocycles. The molecule has 1 atom stereocenters. The summed E-state index contributed by atoms with van der Waals surface area (Å²) in [6, 6.07) is 25.4. The van der Waals surface area contributed by atoms with Crippen molar-refractivity contribution in [3.05, 3.63) is 90.0 Å². The summed E-state index contributed by atoms with van der Waals surface area (Å²) in [5.74, 6) is 0. The monoisotopic (exact) mass is 437 g/mol. The van der Waals surface area contributed by atoms with E-state index in [1.165, 1.54) is 6.26 Å². The molecule has 1 aliphatic rings. The second-order valence-electron chi connectivity index (χ2n) is 8.31. The van der Waals surface area contributed by atoms with Crippen LogP contribution in [0.4, 0.5) is 4.39 Å². The first kappa shape index (κ1) is 21.7. The third-order valence-electron chi connectivity index (χ3n) is 6.04. The van der Waals surface area contributed by atoms with E-state index < -0.39 is 16.0 Å². The van der Waals surface area contributed by atoms with Gasteiger partial charge >= 0.3 is 0 Å². The Balaban J connectivity index is 1.81. The van der Waals surface area contributed by atoms with Crippen LogP contribution in [0.5, 0.6) is 0 Å². The second kappa shape index (κ2) is 9.33. The van der Waals surface area contributed by atoms with Crippen LogP contribution in [0.3, 0.4) is 0 Å². The Bertz CT molecular complexity index is 1120. The smallest absolute Gasteiger partial charge is 0.176 e. The molecule has 0 spiro atoms. The Kier molecular flexibility index (Phi) is 6.54. The molecule has 162 valence electrons. The molecule has 0 amide bonds. The Morgan fingerprint density at radius 2 is 1.39 bits per heavy atom. The normalized spacial score (nSPS) is 20.3. The summed E-state index contributed by atoms with van der Waals surface area (Å²) in [5, 5.41) is 3.76. The molecule has 0 heterocycles. The molecular formula is C26H28FNO2S. The van der Waals surface area contributed by atoms with Crippen LogP contribution < -0.4 is 5.32 Å². The van der Waals surface area contributed by atoms with Crippen molar-refractivity contribution in [2.75, 3.05) is 6.26 Å². The number of alkyl halides is 1.